The van der Waals surface area contributed by atoms with E-state index in [1.807, 2.05) is 29.2 Å². The van der Waals surface area contributed by atoms with Gasteiger partial charge in [-0.2, -0.15) is 0 Å². The summed E-state index contributed by atoms with van der Waals surface area (Å²) < 4.78 is 0. The van der Waals surface area contributed by atoms with E-state index in [0.29, 0.717) is 18.7 Å². The lowest BCUT2D eigenvalue weighted by Gasteiger charge is -2.23. The molecule has 2 aromatic rings. The van der Waals surface area contributed by atoms with Crippen molar-refractivity contribution in [1.29, 1.82) is 0 Å². The molecule has 0 aliphatic carbocycles. The molecule has 1 aliphatic heterocycles. The molecule has 1 saturated heterocycles. The molecule has 4 nitrogen and oxygen atoms in total. The van der Waals surface area contributed by atoms with Gasteiger partial charge >= 0.3 is 6.03 Å². The van der Waals surface area contributed by atoms with Crippen molar-refractivity contribution in [2.75, 3.05) is 22.9 Å². The molecule has 25 heavy (non-hydrogen) atoms. The van der Waals surface area contributed by atoms with Gasteiger partial charge in [0.05, 0.1) is 0 Å². The third-order valence-corrected chi connectivity index (χ3v) is 4.62. The van der Waals surface area contributed by atoms with Crippen LogP contribution in [0.2, 0.25) is 0 Å². The molecule has 1 aliphatic rings. The van der Waals surface area contributed by atoms with Crippen molar-refractivity contribution in [3.63, 3.8) is 0 Å². The molecule has 0 unspecified atom stereocenters. The Morgan fingerprint density at radius 2 is 1.52 bits per heavy atom. The van der Waals surface area contributed by atoms with Crippen LogP contribution in [0.15, 0.2) is 48.5 Å². The summed E-state index contributed by atoms with van der Waals surface area (Å²) in [6.07, 6.45) is 0. The number of ketones is 1. The smallest absolute Gasteiger partial charge is 0.295 e. The molecule has 2 aromatic carbocycles. The molecule has 1 heterocycles. The molecule has 130 valence electrons. The fraction of sp³-hybridized carbons (Fsp3) is 0.333. The molecule has 0 spiro atoms. The van der Waals surface area contributed by atoms with E-state index in [1.54, 1.807) is 24.0 Å². The van der Waals surface area contributed by atoms with Crippen LogP contribution in [0.25, 0.3) is 0 Å². The standard InChI is InChI=1S/C21H24N2O2/c1-15(24)16-8-10-18(11-9-16)22-12-13-23(20(22)25)19-7-5-6-17(14-19)21(2,3)4/h5-11,14H,12-13H2,1-4H3. The summed E-state index contributed by atoms with van der Waals surface area (Å²) in [7, 11) is 0. The summed E-state index contributed by atoms with van der Waals surface area (Å²) in [5.41, 5.74) is 3.66. The summed E-state index contributed by atoms with van der Waals surface area (Å²) in [4.78, 5) is 27.8. The molecule has 0 aromatic heterocycles. The Morgan fingerprint density at radius 3 is 2.08 bits per heavy atom. The summed E-state index contributed by atoms with van der Waals surface area (Å²) in [6.45, 7) is 9.33. The normalized spacial score (nSPS) is 15.0. The highest BCUT2D eigenvalue weighted by Crippen LogP contribution is 2.29. The van der Waals surface area contributed by atoms with Gasteiger partial charge in [0.25, 0.3) is 0 Å². The molecule has 0 atom stereocenters. The quantitative estimate of drug-likeness (QED) is 0.767. The average Bonchev–Trinajstić information content (AvgIpc) is 2.96. The van der Waals surface area contributed by atoms with E-state index in [4.69, 9.17) is 0 Å². The number of hydrogen-bond acceptors (Lipinski definition) is 2. The number of carbonyl (C=O) groups is 2. The lowest BCUT2D eigenvalue weighted by Crippen LogP contribution is -2.31. The van der Waals surface area contributed by atoms with Crippen molar-refractivity contribution in [3.05, 3.63) is 59.7 Å². The van der Waals surface area contributed by atoms with E-state index >= 15 is 0 Å². The van der Waals surface area contributed by atoms with Gasteiger partial charge in [0, 0.05) is 30.0 Å². The maximum absolute atomic E-state index is 12.9. The van der Waals surface area contributed by atoms with Gasteiger partial charge in [-0.25, -0.2) is 4.79 Å². The molecular weight excluding hydrogens is 312 g/mol. The summed E-state index contributed by atoms with van der Waals surface area (Å²) >= 11 is 0. The largest absolute Gasteiger partial charge is 0.329 e. The van der Waals surface area contributed by atoms with Crippen LogP contribution in [-0.4, -0.2) is 24.9 Å². The summed E-state index contributed by atoms with van der Waals surface area (Å²) in [5, 5.41) is 0. The van der Waals surface area contributed by atoms with Crippen LogP contribution in [0.1, 0.15) is 43.6 Å². The first kappa shape index (κ1) is 17.2. The number of Topliss-reactive ketones (excluding diaryl/α,β-unsaturated/α-hetero) is 1. The Balaban J connectivity index is 1.83. The van der Waals surface area contributed by atoms with Crippen LogP contribution < -0.4 is 9.80 Å². The van der Waals surface area contributed by atoms with Crippen LogP contribution in [0.4, 0.5) is 16.2 Å². The Bertz CT molecular complexity index is 803. The highest BCUT2D eigenvalue weighted by Gasteiger charge is 2.31. The van der Waals surface area contributed by atoms with Crippen LogP contribution in [0.5, 0.6) is 0 Å². The second kappa shape index (κ2) is 6.36. The number of carbonyl (C=O) groups excluding carboxylic acids is 2. The van der Waals surface area contributed by atoms with Gasteiger partial charge in [-0.05, 0) is 54.3 Å². The third kappa shape index (κ3) is 3.43. The topological polar surface area (TPSA) is 40.6 Å². The van der Waals surface area contributed by atoms with Gasteiger partial charge in [-0.15, -0.1) is 0 Å². The molecule has 4 heteroatoms. The molecule has 3 rings (SSSR count). The molecule has 1 fully saturated rings. The molecule has 0 N–H and O–H groups in total. The van der Waals surface area contributed by atoms with Gasteiger partial charge in [-0.1, -0.05) is 32.9 Å². The second-order valence-electron chi connectivity index (χ2n) is 7.49. The van der Waals surface area contributed by atoms with E-state index in [2.05, 4.69) is 32.9 Å². The van der Waals surface area contributed by atoms with E-state index in [-0.39, 0.29) is 17.2 Å². The van der Waals surface area contributed by atoms with Gasteiger partial charge in [0.2, 0.25) is 0 Å². The SMILES string of the molecule is CC(=O)c1ccc(N2CCN(c3cccc(C(C)(C)C)c3)C2=O)cc1. The minimum atomic E-state index is -0.0263. The summed E-state index contributed by atoms with van der Waals surface area (Å²) in [5.74, 6) is 0.0277. The third-order valence-electron chi connectivity index (χ3n) is 4.62. The predicted molar refractivity (Wildman–Crippen MR) is 102 cm³/mol. The van der Waals surface area contributed by atoms with E-state index in [0.717, 1.165) is 11.4 Å². The van der Waals surface area contributed by atoms with Gasteiger partial charge < -0.3 is 0 Å². The van der Waals surface area contributed by atoms with Crippen molar-refractivity contribution in [2.24, 2.45) is 0 Å². The van der Waals surface area contributed by atoms with E-state index < -0.39 is 0 Å². The Hall–Kier alpha value is -2.62. The molecular formula is C21H24N2O2. The van der Waals surface area contributed by atoms with Crippen molar-refractivity contribution in [3.8, 4) is 0 Å². The van der Waals surface area contributed by atoms with Crippen molar-refractivity contribution in [2.45, 2.75) is 33.1 Å². The minimum absolute atomic E-state index is 0.0263. The van der Waals surface area contributed by atoms with Crippen LogP contribution in [0, 0.1) is 0 Å². The van der Waals surface area contributed by atoms with Crippen molar-refractivity contribution < 1.29 is 9.59 Å². The monoisotopic (exact) mass is 336 g/mol. The lowest BCUT2D eigenvalue weighted by molar-refractivity contribution is 0.101. The van der Waals surface area contributed by atoms with Crippen molar-refractivity contribution in [1.82, 2.24) is 0 Å². The second-order valence-corrected chi connectivity index (χ2v) is 7.49. The Kier molecular flexibility index (Phi) is 4.38. The van der Waals surface area contributed by atoms with E-state index in [1.165, 1.54) is 5.56 Å². The molecule has 2 amide bonds. The maximum Gasteiger partial charge on any atom is 0.329 e. The van der Waals surface area contributed by atoms with Crippen molar-refractivity contribution >= 4 is 23.2 Å². The highest BCUT2D eigenvalue weighted by atomic mass is 16.2. The number of hydrogen-bond donors (Lipinski definition) is 0. The zero-order chi connectivity index (χ0) is 18.2. The number of rotatable bonds is 3. The Labute approximate surface area is 149 Å². The first-order valence-corrected chi connectivity index (χ1v) is 8.58. The van der Waals surface area contributed by atoms with Gasteiger partial charge in [0.15, 0.2) is 5.78 Å². The Morgan fingerprint density at radius 1 is 0.920 bits per heavy atom. The first-order valence-electron chi connectivity index (χ1n) is 8.58. The number of amides is 2. The van der Waals surface area contributed by atoms with Crippen LogP contribution in [0.3, 0.4) is 0 Å². The lowest BCUT2D eigenvalue weighted by atomic mass is 9.87. The van der Waals surface area contributed by atoms with E-state index in [9.17, 15) is 9.59 Å². The predicted octanol–water partition coefficient (Wildman–Crippen LogP) is 4.63. The van der Waals surface area contributed by atoms with Gasteiger partial charge in [0.1, 0.15) is 0 Å². The van der Waals surface area contributed by atoms with Crippen LogP contribution in [-0.2, 0) is 5.41 Å². The molecule has 0 radical (unpaired) electrons. The fourth-order valence-corrected chi connectivity index (χ4v) is 3.03. The minimum Gasteiger partial charge on any atom is -0.295 e. The zero-order valence-corrected chi connectivity index (χ0v) is 15.2. The number of nitrogens with zero attached hydrogens (tertiary/aromatic N) is 2. The zero-order valence-electron chi connectivity index (χ0n) is 15.2. The van der Waals surface area contributed by atoms with Gasteiger partial charge in [-0.3, -0.25) is 14.6 Å². The summed E-state index contributed by atoms with van der Waals surface area (Å²) in [6, 6.07) is 15.4. The number of urea groups is 1. The first-order chi connectivity index (χ1) is 11.8. The average molecular weight is 336 g/mol. The number of anilines is 2. The highest BCUT2D eigenvalue weighted by molar-refractivity contribution is 6.06. The fourth-order valence-electron chi connectivity index (χ4n) is 3.03. The molecule has 0 saturated carbocycles. The maximum atomic E-state index is 12.9. The number of benzene rings is 2. The molecule has 0 bridgehead atoms. The van der Waals surface area contributed by atoms with Crippen LogP contribution >= 0.6 is 0 Å².